The van der Waals surface area contributed by atoms with Crippen molar-refractivity contribution >= 4 is 17.1 Å². The number of Topliss-reactive ketones (excluding diaryl/α,β-unsaturated/α-hetero) is 1. The molecule has 1 aromatic heterocycles. The minimum Gasteiger partial charge on any atom is -0.306 e. The Bertz CT molecular complexity index is 389. The molecule has 1 aromatic rings. The summed E-state index contributed by atoms with van der Waals surface area (Å²) in [5.41, 5.74) is 0.946. The van der Waals surface area contributed by atoms with Gasteiger partial charge in [-0.25, -0.2) is 4.98 Å². The maximum atomic E-state index is 11.0. The second-order valence-electron chi connectivity index (χ2n) is 5.09. The van der Waals surface area contributed by atoms with Crippen LogP contribution in [0, 0.1) is 5.92 Å². The second kappa shape index (κ2) is 5.74. The Morgan fingerprint density at radius 3 is 3.18 bits per heavy atom. The highest BCUT2D eigenvalue weighted by Crippen LogP contribution is 2.22. The fourth-order valence-electron chi connectivity index (χ4n) is 2.47. The maximum absolute atomic E-state index is 11.0. The Balaban J connectivity index is 1.89. The first-order chi connectivity index (χ1) is 8.13. The van der Waals surface area contributed by atoms with E-state index >= 15 is 0 Å². The highest BCUT2D eigenvalue weighted by molar-refractivity contribution is 7.09. The lowest BCUT2D eigenvalue weighted by Gasteiger charge is -2.29. The van der Waals surface area contributed by atoms with Crippen LogP contribution >= 0.6 is 11.3 Å². The molecule has 4 heteroatoms. The van der Waals surface area contributed by atoms with E-state index in [0.717, 1.165) is 18.0 Å². The molecule has 0 amide bonds. The van der Waals surface area contributed by atoms with Crippen molar-refractivity contribution in [3.63, 3.8) is 0 Å². The van der Waals surface area contributed by atoms with E-state index in [9.17, 15) is 4.79 Å². The van der Waals surface area contributed by atoms with Crippen LogP contribution in [-0.4, -0.2) is 35.8 Å². The van der Waals surface area contributed by atoms with E-state index in [-0.39, 0.29) is 5.78 Å². The summed E-state index contributed by atoms with van der Waals surface area (Å²) in [7, 11) is 2.19. The second-order valence-corrected chi connectivity index (χ2v) is 6.03. The van der Waals surface area contributed by atoms with Crippen LogP contribution in [0.5, 0.6) is 0 Å². The van der Waals surface area contributed by atoms with Crippen molar-refractivity contribution in [2.24, 2.45) is 5.92 Å². The SMILES string of the molecule is CC(=O)Cc1csc(CC2CCCN(C)C2)n1. The quantitative estimate of drug-likeness (QED) is 0.823. The lowest BCUT2D eigenvalue weighted by atomic mass is 9.95. The van der Waals surface area contributed by atoms with E-state index < -0.39 is 0 Å². The highest BCUT2D eigenvalue weighted by atomic mass is 32.1. The number of nitrogens with zero attached hydrogens (tertiary/aromatic N) is 2. The molecular weight excluding hydrogens is 232 g/mol. The van der Waals surface area contributed by atoms with Crippen molar-refractivity contribution in [1.82, 2.24) is 9.88 Å². The number of rotatable bonds is 4. The summed E-state index contributed by atoms with van der Waals surface area (Å²) in [5.74, 6) is 0.935. The van der Waals surface area contributed by atoms with Gasteiger partial charge >= 0.3 is 0 Å². The predicted octanol–water partition coefficient (Wildman–Crippen LogP) is 2.16. The average Bonchev–Trinajstić information content (AvgIpc) is 2.64. The molecule has 17 heavy (non-hydrogen) atoms. The Labute approximate surface area is 107 Å². The molecule has 0 bridgehead atoms. The van der Waals surface area contributed by atoms with Crippen LogP contribution in [0.4, 0.5) is 0 Å². The minimum absolute atomic E-state index is 0.194. The van der Waals surface area contributed by atoms with Gasteiger partial charge in [0.25, 0.3) is 0 Å². The van der Waals surface area contributed by atoms with Gasteiger partial charge in [-0.05, 0) is 39.3 Å². The van der Waals surface area contributed by atoms with Crippen molar-refractivity contribution in [2.75, 3.05) is 20.1 Å². The van der Waals surface area contributed by atoms with Gasteiger partial charge in [0.05, 0.1) is 10.7 Å². The number of hydrogen-bond donors (Lipinski definition) is 0. The first kappa shape index (κ1) is 12.7. The summed E-state index contributed by atoms with van der Waals surface area (Å²) < 4.78 is 0. The number of carbonyl (C=O) groups is 1. The number of ketones is 1. The van der Waals surface area contributed by atoms with Gasteiger partial charge in [0.15, 0.2) is 0 Å². The predicted molar refractivity (Wildman–Crippen MR) is 70.4 cm³/mol. The molecule has 2 rings (SSSR count). The first-order valence-corrected chi connectivity index (χ1v) is 7.12. The first-order valence-electron chi connectivity index (χ1n) is 6.24. The van der Waals surface area contributed by atoms with E-state index in [1.54, 1.807) is 18.3 Å². The molecule has 0 saturated carbocycles. The molecule has 2 heterocycles. The van der Waals surface area contributed by atoms with Crippen molar-refractivity contribution in [1.29, 1.82) is 0 Å². The van der Waals surface area contributed by atoms with Crippen molar-refractivity contribution in [3.05, 3.63) is 16.1 Å². The molecule has 1 saturated heterocycles. The van der Waals surface area contributed by atoms with Crippen LogP contribution < -0.4 is 0 Å². The van der Waals surface area contributed by atoms with Gasteiger partial charge < -0.3 is 4.90 Å². The third kappa shape index (κ3) is 3.89. The Morgan fingerprint density at radius 2 is 2.47 bits per heavy atom. The number of likely N-dealkylation sites (tertiary alicyclic amines) is 1. The van der Waals surface area contributed by atoms with Gasteiger partial charge in [-0.1, -0.05) is 0 Å². The molecule has 1 atom stereocenters. The molecule has 0 aliphatic carbocycles. The molecular formula is C13H20N2OS. The summed E-state index contributed by atoms with van der Waals surface area (Å²) in [6.07, 6.45) is 4.17. The summed E-state index contributed by atoms with van der Waals surface area (Å²) in [6.45, 7) is 4.03. The fourth-order valence-corrected chi connectivity index (χ4v) is 3.38. The van der Waals surface area contributed by atoms with Crippen LogP contribution in [-0.2, 0) is 17.6 Å². The summed E-state index contributed by atoms with van der Waals surface area (Å²) in [5, 5.41) is 3.23. The van der Waals surface area contributed by atoms with Crippen molar-refractivity contribution in [2.45, 2.75) is 32.6 Å². The topological polar surface area (TPSA) is 33.2 Å². The van der Waals surface area contributed by atoms with Crippen molar-refractivity contribution in [3.8, 4) is 0 Å². The normalized spacial score (nSPS) is 21.6. The lowest BCUT2D eigenvalue weighted by molar-refractivity contribution is -0.116. The number of hydrogen-bond acceptors (Lipinski definition) is 4. The maximum Gasteiger partial charge on any atom is 0.135 e. The summed E-state index contributed by atoms with van der Waals surface area (Å²) >= 11 is 1.70. The van der Waals surface area contributed by atoms with Gasteiger partial charge in [-0.3, -0.25) is 4.79 Å². The van der Waals surface area contributed by atoms with Crippen LogP contribution in [0.15, 0.2) is 5.38 Å². The van der Waals surface area contributed by atoms with E-state index in [1.807, 2.05) is 5.38 Å². The number of thiazole rings is 1. The zero-order chi connectivity index (χ0) is 12.3. The molecule has 0 radical (unpaired) electrons. The molecule has 0 aromatic carbocycles. The largest absolute Gasteiger partial charge is 0.306 e. The molecule has 0 N–H and O–H groups in total. The Hall–Kier alpha value is -0.740. The van der Waals surface area contributed by atoms with E-state index in [4.69, 9.17) is 0 Å². The summed E-state index contributed by atoms with van der Waals surface area (Å²) in [6, 6.07) is 0. The van der Waals surface area contributed by atoms with Gasteiger partial charge in [0, 0.05) is 24.8 Å². The average molecular weight is 252 g/mol. The zero-order valence-corrected chi connectivity index (χ0v) is 11.4. The van der Waals surface area contributed by atoms with Crippen molar-refractivity contribution < 1.29 is 4.79 Å². The monoisotopic (exact) mass is 252 g/mol. The van der Waals surface area contributed by atoms with Gasteiger partial charge in [0.2, 0.25) is 0 Å². The lowest BCUT2D eigenvalue weighted by Crippen LogP contribution is -2.32. The molecule has 94 valence electrons. The van der Waals surface area contributed by atoms with E-state index in [1.165, 1.54) is 30.9 Å². The fraction of sp³-hybridized carbons (Fsp3) is 0.692. The smallest absolute Gasteiger partial charge is 0.135 e. The third-order valence-corrected chi connectivity index (χ3v) is 4.13. The molecule has 1 aliphatic rings. The molecule has 3 nitrogen and oxygen atoms in total. The highest BCUT2D eigenvalue weighted by Gasteiger charge is 2.18. The van der Waals surface area contributed by atoms with Gasteiger partial charge in [-0.15, -0.1) is 11.3 Å². The van der Waals surface area contributed by atoms with Crippen LogP contribution in [0.3, 0.4) is 0 Å². The van der Waals surface area contributed by atoms with Crippen LogP contribution in [0.2, 0.25) is 0 Å². The Morgan fingerprint density at radius 1 is 1.65 bits per heavy atom. The molecule has 0 spiro atoms. The van der Waals surface area contributed by atoms with E-state index in [2.05, 4.69) is 16.9 Å². The van der Waals surface area contributed by atoms with Gasteiger partial charge in [0.1, 0.15) is 5.78 Å². The zero-order valence-electron chi connectivity index (χ0n) is 10.6. The Kier molecular flexibility index (Phi) is 4.29. The number of carbonyl (C=O) groups excluding carboxylic acids is 1. The third-order valence-electron chi connectivity index (χ3n) is 3.21. The van der Waals surface area contributed by atoms with Crippen LogP contribution in [0.1, 0.15) is 30.5 Å². The van der Waals surface area contributed by atoms with Crippen LogP contribution in [0.25, 0.3) is 0 Å². The molecule has 1 fully saturated rings. The van der Waals surface area contributed by atoms with Gasteiger partial charge in [-0.2, -0.15) is 0 Å². The minimum atomic E-state index is 0.194. The molecule has 1 aliphatic heterocycles. The number of piperidine rings is 1. The summed E-state index contributed by atoms with van der Waals surface area (Å²) in [4.78, 5) is 18.0. The number of aromatic nitrogens is 1. The van der Waals surface area contributed by atoms with E-state index in [0.29, 0.717) is 6.42 Å². The standard InChI is InChI=1S/C13H20N2OS/c1-10(16)6-12-9-17-13(14-12)7-11-4-3-5-15(2)8-11/h9,11H,3-8H2,1-2H3. The molecule has 1 unspecified atom stereocenters.